The van der Waals surface area contributed by atoms with Gasteiger partial charge in [0.2, 0.25) is 0 Å². The molecule has 90 valence electrons. The Balaban J connectivity index is 2.90. The lowest BCUT2D eigenvalue weighted by molar-refractivity contribution is 0.101. The average Bonchev–Trinajstić information content (AvgIpc) is 2.42. The first-order chi connectivity index (χ1) is 7.47. The summed E-state index contributed by atoms with van der Waals surface area (Å²) < 4.78 is 1.94. The molecule has 0 radical (unpaired) electrons. The van der Waals surface area contributed by atoms with Gasteiger partial charge < -0.3 is 15.0 Å². The number of likely N-dealkylation sites (N-methyl/N-ethyl adjacent to an activating group) is 1. The first-order valence-corrected chi connectivity index (χ1v) is 5.47. The van der Waals surface area contributed by atoms with Crippen molar-refractivity contribution in [3.05, 3.63) is 23.0 Å². The molecule has 4 heteroatoms. The van der Waals surface area contributed by atoms with Crippen molar-refractivity contribution in [3.63, 3.8) is 0 Å². The molecule has 4 nitrogen and oxygen atoms in total. The maximum absolute atomic E-state index is 11.4. The van der Waals surface area contributed by atoms with Gasteiger partial charge in [0.25, 0.3) is 0 Å². The van der Waals surface area contributed by atoms with Crippen molar-refractivity contribution in [1.82, 2.24) is 9.88 Å². The summed E-state index contributed by atoms with van der Waals surface area (Å²) in [7, 11) is 1.80. The molecule has 0 amide bonds. The molecule has 0 aromatic carbocycles. The van der Waals surface area contributed by atoms with E-state index in [-0.39, 0.29) is 5.78 Å². The maximum atomic E-state index is 11.4. The fourth-order valence-electron chi connectivity index (χ4n) is 2.07. The van der Waals surface area contributed by atoms with E-state index in [1.807, 2.05) is 24.6 Å². The van der Waals surface area contributed by atoms with Gasteiger partial charge in [0.05, 0.1) is 6.10 Å². The van der Waals surface area contributed by atoms with Crippen molar-refractivity contribution >= 4 is 5.78 Å². The van der Waals surface area contributed by atoms with E-state index in [9.17, 15) is 9.90 Å². The van der Waals surface area contributed by atoms with Crippen molar-refractivity contribution in [1.29, 1.82) is 0 Å². The quantitative estimate of drug-likeness (QED) is 0.730. The van der Waals surface area contributed by atoms with Crippen molar-refractivity contribution in [2.24, 2.45) is 0 Å². The molecule has 1 aromatic heterocycles. The molecule has 0 spiro atoms. The molecule has 0 bridgehead atoms. The van der Waals surface area contributed by atoms with Gasteiger partial charge in [0.1, 0.15) is 0 Å². The van der Waals surface area contributed by atoms with Gasteiger partial charge in [-0.3, -0.25) is 4.79 Å². The highest BCUT2D eigenvalue weighted by atomic mass is 16.3. The zero-order valence-electron chi connectivity index (χ0n) is 10.4. The van der Waals surface area contributed by atoms with E-state index in [0.717, 1.165) is 16.8 Å². The summed E-state index contributed by atoms with van der Waals surface area (Å²) >= 11 is 0. The third kappa shape index (κ3) is 2.71. The number of aliphatic hydroxyl groups is 1. The van der Waals surface area contributed by atoms with Crippen LogP contribution in [0.2, 0.25) is 0 Å². The first-order valence-electron chi connectivity index (χ1n) is 5.47. The van der Waals surface area contributed by atoms with Crippen molar-refractivity contribution in [2.45, 2.75) is 33.4 Å². The number of nitrogens with one attached hydrogen (secondary N) is 1. The summed E-state index contributed by atoms with van der Waals surface area (Å²) in [6.07, 6.45) is 1.49. The highest BCUT2D eigenvalue weighted by Crippen LogP contribution is 2.17. The number of rotatable bonds is 5. The van der Waals surface area contributed by atoms with Gasteiger partial charge >= 0.3 is 0 Å². The van der Waals surface area contributed by atoms with E-state index in [1.165, 1.54) is 0 Å². The number of carbonyl (C=O) groups is 1. The standard InChI is InChI=1S/C12H20N2O2/c1-8-6-14(7-11(16)5-13-4)9(2)12(8)10(3)15/h6,11,13,16H,5,7H2,1-4H3/t11-/m0/s1. The second kappa shape index (κ2) is 5.27. The van der Waals surface area contributed by atoms with Gasteiger partial charge in [0, 0.05) is 30.5 Å². The topological polar surface area (TPSA) is 54.3 Å². The summed E-state index contributed by atoms with van der Waals surface area (Å²) in [5, 5.41) is 12.6. The number of aryl methyl sites for hydroxylation is 1. The lowest BCUT2D eigenvalue weighted by atomic mass is 10.1. The van der Waals surface area contributed by atoms with Crippen molar-refractivity contribution in [2.75, 3.05) is 13.6 Å². The van der Waals surface area contributed by atoms with Gasteiger partial charge in [-0.05, 0) is 33.4 Å². The van der Waals surface area contributed by atoms with Crippen LogP contribution < -0.4 is 5.32 Å². The number of hydrogen-bond acceptors (Lipinski definition) is 3. The highest BCUT2D eigenvalue weighted by molar-refractivity contribution is 5.96. The second-order valence-corrected chi connectivity index (χ2v) is 4.19. The molecule has 0 aliphatic carbocycles. The fraction of sp³-hybridized carbons (Fsp3) is 0.583. The Morgan fingerprint density at radius 3 is 2.62 bits per heavy atom. The Morgan fingerprint density at radius 2 is 2.19 bits per heavy atom. The molecule has 1 atom stereocenters. The van der Waals surface area contributed by atoms with Crippen molar-refractivity contribution < 1.29 is 9.90 Å². The summed E-state index contributed by atoms with van der Waals surface area (Å²) in [4.78, 5) is 11.4. The predicted molar refractivity (Wildman–Crippen MR) is 63.8 cm³/mol. The van der Waals surface area contributed by atoms with Crippen LogP contribution >= 0.6 is 0 Å². The minimum Gasteiger partial charge on any atom is -0.390 e. The lowest BCUT2D eigenvalue weighted by Gasteiger charge is -2.12. The summed E-state index contributed by atoms with van der Waals surface area (Å²) in [6, 6.07) is 0. The Labute approximate surface area is 96.3 Å². The number of nitrogens with zero attached hydrogens (tertiary/aromatic N) is 1. The van der Waals surface area contributed by atoms with E-state index in [2.05, 4.69) is 5.32 Å². The zero-order chi connectivity index (χ0) is 12.3. The van der Waals surface area contributed by atoms with Gasteiger partial charge in [-0.1, -0.05) is 0 Å². The SMILES string of the molecule is CNC[C@H](O)Cn1cc(C)c(C(C)=O)c1C. The van der Waals surface area contributed by atoms with Crippen molar-refractivity contribution in [3.8, 4) is 0 Å². The molecule has 0 aliphatic rings. The normalized spacial score (nSPS) is 12.8. The van der Waals surface area contributed by atoms with Gasteiger partial charge in [-0.25, -0.2) is 0 Å². The molecule has 0 unspecified atom stereocenters. The maximum Gasteiger partial charge on any atom is 0.161 e. The summed E-state index contributed by atoms with van der Waals surface area (Å²) in [5.41, 5.74) is 2.68. The van der Waals surface area contributed by atoms with Crippen LogP contribution in [-0.2, 0) is 6.54 Å². The minimum absolute atomic E-state index is 0.0804. The van der Waals surface area contributed by atoms with Crippen LogP contribution in [0.4, 0.5) is 0 Å². The largest absolute Gasteiger partial charge is 0.390 e. The monoisotopic (exact) mass is 224 g/mol. The Hall–Kier alpha value is -1.13. The highest BCUT2D eigenvalue weighted by Gasteiger charge is 2.14. The number of ketones is 1. The molecule has 16 heavy (non-hydrogen) atoms. The van der Waals surface area contributed by atoms with Crippen LogP contribution in [0.3, 0.4) is 0 Å². The molecule has 1 rings (SSSR count). The third-order valence-corrected chi connectivity index (χ3v) is 2.74. The third-order valence-electron chi connectivity index (χ3n) is 2.74. The van der Waals surface area contributed by atoms with E-state index in [0.29, 0.717) is 13.1 Å². The fourth-order valence-corrected chi connectivity index (χ4v) is 2.07. The van der Waals surface area contributed by atoms with Crippen LogP contribution in [0.1, 0.15) is 28.5 Å². The minimum atomic E-state index is -0.435. The van der Waals surface area contributed by atoms with E-state index < -0.39 is 6.10 Å². The molecule has 0 fully saturated rings. The number of aliphatic hydroxyl groups excluding tert-OH is 1. The van der Waals surface area contributed by atoms with Crippen LogP contribution in [0.5, 0.6) is 0 Å². The van der Waals surface area contributed by atoms with E-state index in [4.69, 9.17) is 0 Å². The summed E-state index contributed by atoms with van der Waals surface area (Å²) in [6.45, 7) is 6.47. The molecular weight excluding hydrogens is 204 g/mol. The Morgan fingerprint density at radius 1 is 1.56 bits per heavy atom. The molecule has 0 saturated carbocycles. The van der Waals surface area contributed by atoms with Crippen LogP contribution in [-0.4, -0.2) is 35.2 Å². The molecular formula is C12H20N2O2. The van der Waals surface area contributed by atoms with Gasteiger partial charge in [-0.15, -0.1) is 0 Å². The smallest absolute Gasteiger partial charge is 0.161 e. The number of Topliss-reactive ketones (excluding diaryl/α,β-unsaturated/α-hetero) is 1. The molecule has 1 heterocycles. The zero-order valence-corrected chi connectivity index (χ0v) is 10.4. The first kappa shape index (κ1) is 12.9. The molecule has 1 aromatic rings. The van der Waals surface area contributed by atoms with Gasteiger partial charge in [-0.2, -0.15) is 0 Å². The van der Waals surface area contributed by atoms with E-state index >= 15 is 0 Å². The average molecular weight is 224 g/mol. The summed E-state index contributed by atoms with van der Waals surface area (Å²) in [5.74, 6) is 0.0804. The van der Waals surface area contributed by atoms with Crippen LogP contribution in [0, 0.1) is 13.8 Å². The van der Waals surface area contributed by atoms with Crippen LogP contribution in [0.15, 0.2) is 6.20 Å². The second-order valence-electron chi connectivity index (χ2n) is 4.19. The predicted octanol–water partition coefficient (Wildman–Crippen LogP) is 0.888. The Bertz CT molecular complexity index is 383. The molecule has 0 aliphatic heterocycles. The Kier molecular flexibility index (Phi) is 4.26. The van der Waals surface area contributed by atoms with Crippen LogP contribution in [0.25, 0.3) is 0 Å². The van der Waals surface area contributed by atoms with Gasteiger partial charge in [0.15, 0.2) is 5.78 Å². The number of aromatic nitrogens is 1. The lowest BCUT2D eigenvalue weighted by Crippen LogP contribution is -2.28. The molecule has 0 saturated heterocycles. The molecule has 2 N–H and O–H groups in total. The number of carbonyl (C=O) groups excluding carboxylic acids is 1. The number of hydrogen-bond donors (Lipinski definition) is 2. The van der Waals surface area contributed by atoms with E-state index in [1.54, 1.807) is 14.0 Å².